The first-order chi connectivity index (χ1) is 7.95. The maximum absolute atomic E-state index is 9.89. The lowest BCUT2D eigenvalue weighted by Crippen LogP contribution is -2.45. The summed E-state index contributed by atoms with van der Waals surface area (Å²) < 4.78 is 0.773. The van der Waals surface area contributed by atoms with Crippen molar-refractivity contribution in [1.82, 2.24) is 4.90 Å². The molecule has 0 aromatic heterocycles. The molecule has 0 amide bonds. The third-order valence-electron chi connectivity index (χ3n) is 4.40. The molecular weight excluding hydrogens is 280 g/mol. The molecule has 0 radical (unpaired) electrons. The topological polar surface area (TPSA) is 26.7 Å². The number of hydrogen-bond donors (Lipinski definition) is 1. The van der Waals surface area contributed by atoms with E-state index >= 15 is 0 Å². The Bertz CT molecular complexity index is 491. The zero-order valence-corrected chi connectivity index (χ0v) is 12.0. The van der Waals surface area contributed by atoms with E-state index in [-0.39, 0.29) is 5.41 Å². The van der Waals surface area contributed by atoms with Crippen molar-refractivity contribution in [3.8, 4) is 5.75 Å². The van der Waals surface area contributed by atoms with Crippen LogP contribution in [0.5, 0.6) is 5.75 Å². The number of hydrogen-bond acceptors (Lipinski definition) is 3. The number of nitrogens with zero attached hydrogens (tertiary/aromatic N) is 2. The first-order valence-electron chi connectivity index (χ1n) is 5.91. The van der Waals surface area contributed by atoms with E-state index in [4.69, 9.17) is 0 Å². The molecule has 0 spiro atoms. The van der Waals surface area contributed by atoms with Crippen LogP contribution in [-0.4, -0.2) is 36.8 Å². The van der Waals surface area contributed by atoms with Crippen LogP contribution in [0.25, 0.3) is 0 Å². The van der Waals surface area contributed by atoms with Crippen molar-refractivity contribution < 1.29 is 5.11 Å². The highest BCUT2D eigenvalue weighted by Crippen LogP contribution is 2.52. The monoisotopic (exact) mass is 296 g/mol. The Morgan fingerprint density at radius 3 is 2.82 bits per heavy atom. The molecule has 2 aliphatic rings. The highest BCUT2D eigenvalue weighted by atomic mass is 79.9. The molecule has 0 aliphatic carbocycles. The summed E-state index contributed by atoms with van der Waals surface area (Å²) in [6, 6.07) is 3.96. The fraction of sp³-hybridized carbons (Fsp3) is 0.538. The zero-order valence-electron chi connectivity index (χ0n) is 10.4. The average Bonchev–Trinajstić information content (AvgIpc) is 2.67. The normalized spacial score (nSPS) is 31.8. The van der Waals surface area contributed by atoms with Crippen molar-refractivity contribution >= 4 is 21.6 Å². The van der Waals surface area contributed by atoms with Gasteiger partial charge < -0.3 is 10.0 Å². The van der Waals surface area contributed by atoms with Crippen molar-refractivity contribution in [2.24, 2.45) is 0 Å². The van der Waals surface area contributed by atoms with Crippen molar-refractivity contribution in [1.29, 1.82) is 0 Å². The number of phenolic OH excluding ortho intramolecular Hbond substituents is 1. The van der Waals surface area contributed by atoms with Gasteiger partial charge in [-0.05, 0) is 47.1 Å². The summed E-state index contributed by atoms with van der Waals surface area (Å²) in [4.78, 5) is 4.72. The molecule has 2 atom stereocenters. The molecule has 1 unspecified atom stereocenters. The molecule has 1 saturated heterocycles. The molecule has 0 bridgehead atoms. The molecule has 2 heterocycles. The van der Waals surface area contributed by atoms with Crippen molar-refractivity contribution in [3.05, 3.63) is 22.2 Å². The van der Waals surface area contributed by atoms with Gasteiger partial charge in [-0.15, -0.1) is 0 Å². The van der Waals surface area contributed by atoms with Crippen molar-refractivity contribution in [2.45, 2.75) is 24.9 Å². The number of benzene rings is 1. The van der Waals surface area contributed by atoms with Gasteiger partial charge in [-0.1, -0.05) is 6.92 Å². The highest BCUT2D eigenvalue weighted by Gasteiger charge is 2.52. The van der Waals surface area contributed by atoms with Crippen molar-refractivity contribution in [2.75, 3.05) is 25.5 Å². The number of fused-ring (bicyclic) bond motifs is 3. The molecule has 1 N–H and O–H groups in total. The molecule has 2 aliphatic heterocycles. The van der Waals surface area contributed by atoms with Crippen LogP contribution in [0.2, 0.25) is 0 Å². The lowest BCUT2D eigenvalue weighted by Gasteiger charge is -2.32. The predicted octanol–water partition coefficient (Wildman–Crippen LogP) is 2.52. The maximum atomic E-state index is 9.89. The molecule has 0 saturated carbocycles. The van der Waals surface area contributed by atoms with Gasteiger partial charge in [0.05, 0.1) is 10.6 Å². The summed E-state index contributed by atoms with van der Waals surface area (Å²) in [6.07, 6.45) is 1.55. The Hall–Kier alpha value is -0.740. The van der Waals surface area contributed by atoms with Gasteiger partial charge in [0.1, 0.15) is 5.75 Å². The molecule has 92 valence electrons. The molecule has 1 aromatic carbocycles. The Morgan fingerprint density at radius 1 is 1.41 bits per heavy atom. The van der Waals surface area contributed by atoms with E-state index in [1.165, 1.54) is 11.3 Å². The first-order valence-corrected chi connectivity index (χ1v) is 6.70. The molecule has 1 aromatic rings. The largest absolute Gasteiger partial charge is 0.507 e. The minimum atomic E-state index is 0.136. The van der Waals surface area contributed by atoms with E-state index in [0.29, 0.717) is 11.9 Å². The molecule has 3 nitrogen and oxygen atoms in total. The Labute approximate surface area is 110 Å². The van der Waals surface area contributed by atoms with E-state index in [1.54, 1.807) is 0 Å². The molecule has 1 fully saturated rings. The number of halogens is 1. The van der Waals surface area contributed by atoms with Gasteiger partial charge in [0.25, 0.3) is 0 Å². The van der Waals surface area contributed by atoms with Gasteiger partial charge in [-0.2, -0.15) is 0 Å². The molecular formula is C13H17BrN2O. The summed E-state index contributed by atoms with van der Waals surface area (Å²) in [5.74, 6) is 0.341. The second-order valence-corrected chi connectivity index (χ2v) is 6.31. The summed E-state index contributed by atoms with van der Waals surface area (Å²) >= 11 is 3.40. The van der Waals surface area contributed by atoms with Gasteiger partial charge >= 0.3 is 0 Å². The fourth-order valence-corrected chi connectivity index (χ4v) is 3.91. The SMILES string of the molecule is CN1CC[C@@]2(C)c3cc(O)c(Br)cc3N(C)C12. The Kier molecular flexibility index (Phi) is 2.26. The average molecular weight is 297 g/mol. The summed E-state index contributed by atoms with van der Waals surface area (Å²) in [5.41, 5.74) is 2.64. The third kappa shape index (κ3) is 1.31. The lowest BCUT2D eigenvalue weighted by atomic mass is 9.81. The van der Waals surface area contributed by atoms with E-state index in [2.05, 4.69) is 46.7 Å². The standard InChI is InChI=1S/C13H17BrN2O/c1-13-4-5-15(2)12(13)16(3)10-7-9(14)11(17)6-8(10)13/h6-7,12,17H,4-5H2,1-3H3/t12?,13-/m0/s1. The second-order valence-electron chi connectivity index (χ2n) is 5.45. The molecule has 4 heteroatoms. The minimum absolute atomic E-state index is 0.136. The Morgan fingerprint density at radius 2 is 2.12 bits per heavy atom. The smallest absolute Gasteiger partial charge is 0.130 e. The van der Waals surface area contributed by atoms with E-state index in [0.717, 1.165) is 17.4 Å². The lowest BCUT2D eigenvalue weighted by molar-refractivity contribution is 0.268. The van der Waals surface area contributed by atoms with Gasteiger partial charge in [-0.25, -0.2) is 0 Å². The van der Waals surface area contributed by atoms with E-state index < -0.39 is 0 Å². The second kappa shape index (κ2) is 3.39. The number of rotatable bonds is 0. The number of likely N-dealkylation sites (tertiary alicyclic amines) is 1. The van der Waals surface area contributed by atoms with Crippen LogP contribution in [0.3, 0.4) is 0 Å². The highest BCUT2D eigenvalue weighted by molar-refractivity contribution is 9.10. The third-order valence-corrected chi connectivity index (χ3v) is 5.03. The van der Waals surface area contributed by atoms with Crippen LogP contribution in [0.1, 0.15) is 18.9 Å². The molecule has 17 heavy (non-hydrogen) atoms. The van der Waals surface area contributed by atoms with Crippen LogP contribution >= 0.6 is 15.9 Å². The van der Waals surface area contributed by atoms with Crippen LogP contribution < -0.4 is 4.90 Å². The van der Waals surface area contributed by atoms with Gasteiger partial charge in [0.15, 0.2) is 0 Å². The maximum Gasteiger partial charge on any atom is 0.130 e. The van der Waals surface area contributed by atoms with Crippen LogP contribution in [0.15, 0.2) is 16.6 Å². The molecule has 3 rings (SSSR count). The van der Waals surface area contributed by atoms with E-state index in [1.807, 2.05) is 12.1 Å². The van der Waals surface area contributed by atoms with Gasteiger partial charge in [0.2, 0.25) is 0 Å². The van der Waals surface area contributed by atoms with Crippen LogP contribution in [0.4, 0.5) is 5.69 Å². The minimum Gasteiger partial charge on any atom is -0.507 e. The van der Waals surface area contributed by atoms with Gasteiger partial charge in [0, 0.05) is 24.7 Å². The first kappa shape index (κ1) is 11.4. The predicted molar refractivity (Wildman–Crippen MR) is 72.6 cm³/mol. The number of aromatic hydroxyl groups is 1. The summed E-state index contributed by atoms with van der Waals surface area (Å²) in [7, 11) is 4.31. The van der Waals surface area contributed by atoms with Crippen LogP contribution in [-0.2, 0) is 5.41 Å². The quantitative estimate of drug-likeness (QED) is 0.797. The Balaban J connectivity index is 2.22. The number of phenols is 1. The summed E-state index contributed by atoms with van der Waals surface area (Å²) in [5, 5.41) is 9.89. The van der Waals surface area contributed by atoms with Gasteiger partial charge in [-0.3, -0.25) is 4.90 Å². The van der Waals surface area contributed by atoms with Crippen molar-refractivity contribution in [3.63, 3.8) is 0 Å². The summed E-state index contributed by atoms with van der Waals surface area (Å²) in [6.45, 7) is 3.42. The zero-order chi connectivity index (χ0) is 12.4. The van der Waals surface area contributed by atoms with Crippen LogP contribution in [0, 0.1) is 0 Å². The van der Waals surface area contributed by atoms with E-state index in [9.17, 15) is 5.11 Å². The number of likely N-dealkylation sites (N-methyl/N-ethyl adjacent to an activating group) is 2. The fourth-order valence-electron chi connectivity index (χ4n) is 3.58. The number of anilines is 1.